The molecule has 10 heteroatoms. The van der Waals surface area contributed by atoms with Crippen molar-refractivity contribution in [2.75, 3.05) is 19.6 Å². The number of fused-ring (bicyclic) bond motifs is 21. The van der Waals surface area contributed by atoms with Crippen LogP contribution in [-0.2, 0) is 0 Å². The number of thiophene rings is 6. The molecule has 24 aromatic carbocycles. The molecule has 6 aromatic heterocycles. The average molecular weight is 1990 g/mol. The van der Waals surface area contributed by atoms with Crippen LogP contribution in [0.2, 0.25) is 0 Å². The highest BCUT2D eigenvalue weighted by molar-refractivity contribution is 7.28. The van der Waals surface area contributed by atoms with Crippen molar-refractivity contribution in [1.82, 2.24) is 0 Å². The summed E-state index contributed by atoms with van der Waals surface area (Å²) in [6.45, 7) is 0. The normalized spacial score (nSPS) is 11.9. The molecule has 0 fully saturated rings. The third-order valence-corrected chi connectivity index (χ3v) is 37.0. The Morgan fingerprint density at radius 2 is 0.432 bits per heavy atom. The summed E-state index contributed by atoms with van der Waals surface area (Å²) in [7, 11) is 0. The second-order valence-corrected chi connectivity index (χ2v) is 44.8. The molecule has 692 valence electrons. The van der Waals surface area contributed by atoms with E-state index in [4.69, 9.17) is 0 Å². The topological polar surface area (TPSA) is 13.0 Å². The molecule has 0 saturated heterocycles. The number of hydrogen-bond donors (Lipinski definition) is 0. The highest BCUT2D eigenvalue weighted by Gasteiger charge is 2.29. The van der Waals surface area contributed by atoms with Gasteiger partial charge in [0.2, 0.25) is 0 Å². The van der Waals surface area contributed by atoms with E-state index < -0.39 is 0 Å². The van der Waals surface area contributed by atoms with Crippen LogP contribution in [0.15, 0.2) is 510 Å². The maximum absolute atomic E-state index is 2.51. The van der Waals surface area contributed by atoms with Gasteiger partial charge in [-0.3, -0.25) is 0 Å². The zero-order chi connectivity index (χ0) is 97.1. The summed E-state index contributed by atoms with van der Waals surface area (Å²) in [4.78, 5) is 9.84. The van der Waals surface area contributed by atoms with Crippen molar-refractivity contribution < 1.29 is 0 Å². The Morgan fingerprint density at radius 3 is 0.973 bits per heavy atom. The molecule has 0 unspecified atom stereocenters. The van der Waals surface area contributed by atoms with E-state index in [0.717, 1.165) is 118 Å². The van der Waals surface area contributed by atoms with Crippen LogP contribution in [0.3, 0.4) is 0 Å². The molecule has 4 nitrogen and oxygen atoms in total. The summed E-state index contributed by atoms with van der Waals surface area (Å²) < 4.78 is 15.2. The molecule has 0 aliphatic rings. The van der Waals surface area contributed by atoms with Crippen molar-refractivity contribution in [3.8, 4) is 66.8 Å². The molecule has 0 aliphatic heterocycles. The predicted octanol–water partition coefficient (Wildman–Crippen LogP) is 43.2. The van der Waals surface area contributed by atoms with Gasteiger partial charge in [-0.05, 0) is 308 Å². The maximum atomic E-state index is 2.51. The van der Waals surface area contributed by atoms with E-state index in [9.17, 15) is 0 Å². The first-order chi connectivity index (χ1) is 73.3. The smallest absolute Gasteiger partial charge is 0.0646 e. The van der Waals surface area contributed by atoms with Crippen LogP contribution in [-0.4, -0.2) is 0 Å². The highest BCUT2D eigenvalue weighted by Crippen LogP contribution is 2.56. The lowest BCUT2D eigenvalue weighted by Crippen LogP contribution is -2.10. The van der Waals surface area contributed by atoms with Gasteiger partial charge in [0.25, 0.3) is 0 Å². The molecule has 0 radical (unpaired) electrons. The van der Waals surface area contributed by atoms with Gasteiger partial charge in [-0.1, -0.05) is 279 Å². The molecular weight excluding hydrogens is 1910 g/mol. The van der Waals surface area contributed by atoms with Gasteiger partial charge < -0.3 is 19.6 Å². The third kappa shape index (κ3) is 14.5. The minimum absolute atomic E-state index is 1.05. The number of nitrogens with zero attached hydrogens (tertiary/aromatic N) is 4. The summed E-state index contributed by atoms with van der Waals surface area (Å²) in [6, 6.07) is 192. The second kappa shape index (κ2) is 35.2. The first-order valence-electron chi connectivity index (χ1n) is 50.2. The third-order valence-electron chi connectivity index (χ3n) is 29.9. The van der Waals surface area contributed by atoms with Gasteiger partial charge in [-0.15, -0.1) is 68.0 Å². The van der Waals surface area contributed by atoms with Crippen LogP contribution in [0.25, 0.3) is 220 Å². The maximum Gasteiger partial charge on any atom is 0.0646 e. The van der Waals surface area contributed by atoms with Crippen molar-refractivity contribution in [2.45, 2.75) is 0 Å². The Balaban J connectivity index is 0.567. The lowest BCUT2D eigenvalue weighted by molar-refractivity contribution is 1.28. The fraction of sp³-hybridized carbons (Fsp3) is 0. The summed E-state index contributed by atoms with van der Waals surface area (Å²) in [6.07, 6.45) is 0. The van der Waals surface area contributed by atoms with Gasteiger partial charge in [0.15, 0.2) is 0 Å². The molecular formula is C138H84N4S6. The van der Waals surface area contributed by atoms with E-state index in [1.165, 1.54) is 170 Å². The van der Waals surface area contributed by atoms with Gasteiger partial charge in [0.05, 0.1) is 21.8 Å². The van der Waals surface area contributed by atoms with E-state index in [-0.39, 0.29) is 0 Å². The number of para-hydroxylation sites is 4. The molecule has 0 aliphatic carbocycles. The number of anilines is 12. The summed E-state index contributed by atoms with van der Waals surface area (Å²) in [5.74, 6) is 0. The van der Waals surface area contributed by atoms with Crippen molar-refractivity contribution in [3.05, 3.63) is 510 Å². The van der Waals surface area contributed by atoms with E-state index in [1.807, 2.05) is 68.0 Å². The second-order valence-electron chi connectivity index (χ2n) is 38.4. The van der Waals surface area contributed by atoms with Crippen molar-refractivity contribution in [2.24, 2.45) is 0 Å². The fourth-order valence-corrected chi connectivity index (χ4v) is 29.9. The molecule has 0 amide bonds. The van der Waals surface area contributed by atoms with Gasteiger partial charge in [0.1, 0.15) is 0 Å². The van der Waals surface area contributed by atoms with Crippen LogP contribution in [0, 0.1) is 0 Å². The van der Waals surface area contributed by atoms with Crippen molar-refractivity contribution in [3.63, 3.8) is 0 Å². The number of rotatable bonds is 18. The molecule has 0 bridgehead atoms. The minimum Gasteiger partial charge on any atom is -0.310 e. The van der Waals surface area contributed by atoms with Crippen LogP contribution in [0.1, 0.15) is 0 Å². The summed E-state index contributed by atoms with van der Waals surface area (Å²) >= 11 is 11.3. The zero-order valence-electron chi connectivity index (χ0n) is 79.7. The first-order valence-corrected chi connectivity index (χ1v) is 55.1. The molecule has 0 spiro atoms. The Labute approximate surface area is 877 Å². The van der Waals surface area contributed by atoms with Gasteiger partial charge in [0, 0.05) is 189 Å². The zero-order valence-corrected chi connectivity index (χ0v) is 84.6. The Hall–Kier alpha value is -17.4. The lowest BCUT2D eigenvalue weighted by atomic mass is 9.90. The lowest BCUT2D eigenvalue weighted by Gasteiger charge is -2.28. The first kappa shape index (κ1) is 86.1. The molecule has 0 saturated carbocycles. The van der Waals surface area contributed by atoms with Crippen LogP contribution >= 0.6 is 68.0 Å². The Bertz CT molecular complexity index is 10600. The molecule has 148 heavy (non-hydrogen) atoms. The molecule has 30 rings (SSSR count). The van der Waals surface area contributed by atoms with Crippen molar-refractivity contribution >= 4 is 290 Å². The van der Waals surface area contributed by atoms with Gasteiger partial charge >= 0.3 is 0 Å². The van der Waals surface area contributed by atoms with Gasteiger partial charge in [-0.25, -0.2) is 0 Å². The largest absolute Gasteiger partial charge is 0.310 e. The number of hydrogen-bond acceptors (Lipinski definition) is 10. The molecule has 6 heterocycles. The highest BCUT2D eigenvalue weighted by atomic mass is 32.1. The standard InChI is InChI=1S/C138H84N4S6/c1-5-31-95(32-6-1)139(99-58-52-86(53-59-99)93-79-123-117-75-89(88-55-67-131-115(74-88)110-44-19-23-48-127(110)143-131)56-68-135(117)148-138(123)126(82-93)142(98-37-11-4-12-38-98)103-62-71-133-119(84-103)112-46-21-25-50-129(112)145-133)100-39-27-30-91(73-100)114-77-92(78-121-113-47-22-26-51-130(113)146-136(114)121)90-57-69-134-116(76-90)122-81-94(104-63-65-124(108-42-17-15-40-105(104)108)140(96-33-7-2-8-34-96)101-60-54-85-28-13-14-29-87(85)72-101)80-120(137(122)147-134)107-64-66-125(109-43-18-16-41-106(107)109)141(97-35-9-3-10-36-97)102-61-70-132-118(83-102)111-45-20-24-49-128(111)144-132/h1-84H. The monoisotopic (exact) mass is 1990 g/mol. The van der Waals surface area contributed by atoms with Gasteiger partial charge in [-0.2, -0.15) is 0 Å². The quantitative estimate of drug-likeness (QED) is 0.0849. The minimum atomic E-state index is 1.05. The summed E-state index contributed by atoms with van der Waals surface area (Å²) in [5, 5.41) is 22.1. The van der Waals surface area contributed by atoms with E-state index in [1.54, 1.807) is 0 Å². The Kier molecular flexibility index (Phi) is 20.5. The van der Waals surface area contributed by atoms with Crippen LogP contribution < -0.4 is 19.6 Å². The number of benzene rings is 24. The molecule has 30 aromatic rings. The predicted molar refractivity (Wildman–Crippen MR) is 648 cm³/mol. The van der Waals surface area contributed by atoms with Crippen LogP contribution in [0.4, 0.5) is 68.2 Å². The van der Waals surface area contributed by atoms with E-state index in [0.29, 0.717) is 0 Å². The molecule has 0 atom stereocenters. The van der Waals surface area contributed by atoms with E-state index >= 15 is 0 Å². The fourth-order valence-electron chi connectivity index (χ4n) is 23.0. The summed E-state index contributed by atoms with van der Waals surface area (Å²) in [5.41, 5.74) is 27.1. The average Bonchev–Trinajstić information content (AvgIpc) is 1.48. The Morgan fingerprint density at radius 1 is 0.115 bits per heavy atom. The SMILES string of the molecule is c1ccc(N(c2ccc(-c3cc(N(c4ccccc4)c4ccc5sc6ccccc6c5c4)c4sc5ccc(-c6ccc7sc8ccccc8c7c6)cc5c4c3)cc2)c2cccc(-c3cc(-c4ccc5sc6c(-c7ccc(N(c8ccccc8)c8ccc9sc%10ccccc%10c9c8)c8ccccc78)cc(-c7ccc(N(c8ccccc8)c8ccc9ccccc9c8)c8ccccc78)cc6c5c4)cc4c3sc3ccccc34)c2)cc1. The van der Waals surface area contributed by atoms with Crippen LogP contribution in [0.5, 0.6) is 0 Å². The van der Waals surface area contributed by atoms with Crippen molar-refractivity contribution in [1.29, 1.82) is 0 Å². The van der Waals surface area contributed by atoms with E-state index in [2.05, 4.69) is 529 Å². The molecule has 0 N–H and O–H groups in total.